The average molecular weight is 459 g/mol. The highest BCUT2D eigenvalue weighted by Crippen LogP contribution is 2.67. The van der Waals surface area contributed by atoms with Gasteiger partial charge < -0.3 is 14.5 Å². The maximum Gasteiger partial charge on any atom is 0.522 e. The van der Waals surface area contributed by atoms with Gasteiger partial charge in [-0.3, -0.25) is 9.53 Å². The number of hydrogen-bond acceptors (Lipinski definition) is 7. The second-order valence-electron chi connectivity index (χ2n) is 8.54. The van der Waals surface area contributed by atoms with Crippen LogP contribution in [0, 0.1) is 0 Å². The third kappa shape index (κ3) is 3.96. The van der Waals surface area contributed by atoms with Crippen molar-refractivity contribution in [3.05, 3.63) is 35.1 Å². The second-order valence-corrected chi connectivity index (χ2v) is 8.98. The van der Waals surface area contributed by atoms with Gasteiger partial charge >= 0.3 is 6.36 Å². The van der Waals surface area contributed by atoms with Crippen LogP contribution in [0.25, 0.3) is 0 Å². The number of carbonyl (C=O) groups excluding carboxylic acids is 1. The van der Waals surface area contributed by atoms with Crippen LogP contribution in [-0.4, -0.2) is 45.7 Å². The van der Waals surface area contributed by atoms with Gasteiger partial charge in [-0.05, 0) is 38.2 Å². The van der Waals surface area contributed by atoms with Crippen LogP contribution in [0.4, 0.5) is 13.2 Å². The number of amides is 1. The number of rotatable bonds is 7. The molecular weight excluding hydrogens is 441 g/mol. The topological polar surface area (TPSA) is 99.4 Å². The van der Waals surface area contributed by atoms with E-state index in [0.717, 1.165) is 0 Å². The summed E-state index contributed by atoms with van der Waals surface area (Å²) in [5.74, 6) is 0.685. The van der Waals surface area contributed by atoms with E-state index in [1.165, 1.54) is 6.20 Å². The summed E-state index contributed by atoms with van der Waals surface area (Å²) in [6, 6.07) is 3.21. The Labute approximate surface area is 179 Å². The minimum absolute atomic E-state index is 0.156. The zero-order chi connectivity index (χ0) is 21.9. The highest BCUT2D eigenvalue weighted by Gasteiger charge is 2.72. The van der Waals surface area contributed by atoms with E-state index < -0.39 is 12.5 Å². The smallest absolute Gasteiger partial charge is 0.468 e. The van der Waals surface area contributed by atoms with E-state index in [0.29, 0.717) is 41.9 Å². The molecule has 4 aliphatic carbocycles. The highest BCUT2D eigenvalue weighted by molar-refractivity contribution is 6.30. The van der Waals surface area contributed by atoms with Crippen molar-refractivity contribution in [3.8, 4) is 5.88 Å². The predicted molar refractivity (Wildman–Crippen MR) is 98.3 cm³/mol. The molecule has 0 radical (unpaired) electrons. The first kappa shape index (κ1) is 20.5. The summed E-state index contributed by atoms with van der Waals surface area (Å²) in [5.41, 5.74) is -0.562. The third-order valence-corrected chi connectivity index (χ3v) is 6.35. The van der Waals surface area contributed by atoms with Gasteiger partial charge in [-0.1, -0.05) is 11.6 Å². The Hall–Kier alpha value is -2.40. The molecular formula is C19H18ClF3N4O4. The minimum atomic E-state index is -4.63. The first-order chi connectivity index (χ1) is 14.6. The molecule has 4 fully saturated rings. The maximum atomic E-state index is 12.2. The minimum Gasteiger partial charge on any atom is -0.468 e. The van der Waals surface area contributed by atoms with Gasteiger partial charge in [0, 0.05) is 23.7 Å². The van der Waals surface area contributed by atoms with E-state index in [1.807, 2.05) is 0 Å². The Morgan fingerprint density at radius 2 is 2.00 bits per heavy atom. The monoisotopic (exact) mass is 458 g/mol. The first-order valence-electron chi connectivity index (χ1n) is 9.78. The van der Waals surface area contributed by atoms with Crippen molar-refractivity contribution in [1.29, 1.82) is 0 Å². The summed E-state index contributed by atoms with van der Waals surface area (Å²) in [6.07, 6.45) is -1.61. The summed E-state index contributed by atoms with van der Waals surface area (Å²) in [5, 5.41) is 11.6. The molecule has 166 valence electrons. The number of pyridine rings is 1. The van der Waals surface area contributed by atoms with Crippen LogP contribution >= 0.6 is 11.6 Å². The molecule has 2 aromatic heterocycles. The lowest BCUT2D eigenvalue weighted by molar-refractivity contribution is -0.352. The molecule has 0 aliphatic heterocycles. The van der Waals surface area contributed by atoms with Gasteiger partial charge in [-0.15, -0.1) is 23.4 Å². The van der Waals surface area contributed by atoms with Gasteiger partial charge in [0.25, 0.3) is 5.91 Å². The quantitative estimate of drug-likeness (QED) is 0.679. The molecule has 0 aromatic carbocycles. The van der Waals surface area contributed by atoms with Crippen LogP contribution in [0.3, 0.4) is 0 Å². The van der Waals surface area contributed by atoms with Crippen molar-refractivity contribution < 1.29 is 31.9 Å². The summed E-state index contributed by atoms with van der Waals surface area (Å²) in [4.78, 5) is 16.2. The molecule has 6 rings (SSSR count). The van der Waals surface area contributed by atoms with Crippen molar-refractivity contribution in [1.82, 2.24) is 20.5 Å². The fraction of sp³-hybridized carbons (Fsp3) is 0.579. The van der Waals surface area contributed by atoms with Gasteiger partial charge in [0.05, 0.1) is 16.5 Å². The van der Waals surface area contributed by atoms with Crippen LogP contribution in [0.1, 0.15) is 49.8 Å². The van der Waals surface area contributed by atoms with Crippen LogP contribution in [0.2, 0.25) is 5.02 Å². The standard InChI is InChI=1S/C19H18ClF3N4O4/c20-11-1-2-14(24-5-11)29-6-13(28)25-18-7-17(8-18,9-18)16-27-26-15(30-16)10-3-12(4-10)31-19(21,22)23/h1-2,5,10,12H,3-4,6-9H2,(H,25,28)/t10-,12+,17?,18?. The van der Waals surface area contributed by atoms with Gasteiger partial charge in [-0.2, -0.15) is 0 Å². The number of aromatic nitrogens is 3. The zero-order valence-electron chi connectivity index (χ0n) is 16.1. The van der Waals surface area contributed by atoms with Crippen LogP contribution in [0.15, 0.2) is 22.7 Å². The number of carbonyl (C=O) groups is 1. The summed E-state index contributed by atoms with van der Waals surface area (Å²) in [7, 11) is 0. The molecule has 0 atom stereocenters. The van der Waals surface area contributed by atoms with E-state index in [-0.39, 0.29) is 42.2 Å². The summed E-state index contributed by atoms with van der Waals surface area (Å²) < 4.78 is 51.8. The number of hydrogen-bond donors (Lipinski definition) is 1. The lowest BCUT2D eigenvalue weighted by atomic mass is 9.39. The zero-order valence-corrected chi connectivity index (χ0v) is 16.9. The molecule has 0 unspecified atom stereocenters. The molecule has 12 heteroatoms. The van der Waals surface area contributed by atoms with E-state index in [9.17, 15) is 18.0 Å². The van der Waals surface area contributed by atoms with E-state index >= 15 is 0 Å². The molecule has 0 spiro atoms. The molecule has 1 N–H and O–H groups in total. The van der Waals surface area contributed by atoms with Crippen LogP contribution in [-0.2, 0) is 14.9 Å². The van der Waals surface area contributed by atoms with Gasteiger partial charge in [0.2, 0.25) is 17.7 Å². The number of nitrogens with zero attached hydrogens (tertiary/aromatic N) is 3. The number of halogens is 4. The van der Waals surface area contributed by atoms with E-state index in [1.54, 1.807) is 12.1 Å². The fourth-order valence-electron chi connectivity index (χ4n) is 4.73. The average Bonchev–Trinajstić information content (AvgIpc) is 3.07. The highest BCUT2D eigenvalue weighted by atomic mass is 35.5. The number of ether oxygens (including phenoxy) is 2. The second kappa shape index (κ2) is 7.06. The Morgan fingerprint density at radius 3 is 2.65 bits per heavy atom. The van der Waals surface area contributed by atoms with Gasteiger partial charge in [0.1, 0.15) is 0 Å². The van der Waals surface area contributed by atoms with Crippen molar-refractivity contribution in [2.75, 3.05) is 6.61 Å². The van der Waals surface area contributed by atoms with Crippen molar-refractivity contribution in [2.45, 2.75) is 61.4 Å². The Balaban J connectivity index is 1.08. The van der Waals surface area contributed by atoms with Crippen LogP contribution in [0.5, 0.6) is 5.88 Å². The Morgan fingerprint density at radius 1 is 1.26 bits per heavy atom. The largest absolute Gasteiger partial charge is 0.522 e. The Kier molecular flexibility index (Phi) is 4.67. The van der Waals surface area contributed by atoms with Crippen molar-refractivity contribution in [3.63, 3.8) is 0 Å². The van der Waals surface area contributed by atoms with E-state index in [4.69, 9.17) is 20.8 Å². The molecule has 4 saturated carbocycles. The predicted octanol–water partition coefficient (Wildman–Crippen LogP) is 3.27. The van der Waals surface area contributed by atoms with Gasteiger partial charge in [0.15, 0.2) is 6.61 Å². The summed E-state index contributed by atoms with van der Waals surface area (Å²) >= 11 is 5.76. The van der Waals surface area contributed by atoms with Crippen LogP contribution < -0.4 is 10.1 Å². The maximum absolute atomic E-state index is 12.2. The lowest BCUT2D eigenvalue weighted by Crippen LogP contribution is -2.77. The normalized spacial score (nSPS) is 31.2. The molecule has 2 heterocycles. The third-order valence-electron chi connectivity index (χ3n) is 6.12. The molecule has 4 aliphatic rings. The first-order valence-corrected chi connectivity index (χ1v) is 10.2. The lowest BCUT2D eigenvalue weighted by Gasteiger charge is -2.68. The molecule has 0 saturated heterocycles. The SMILES string of the molecule is O=C(COc1ccc(Cl)cn1)NC12CC(c3nnc([C@H]4C[C@@H](OC(F)(F)F)C4)o3)(C1)C2. The summed E-state index contributed by atoms with van der Waals surface area (Å²) in [6.45, 7) is -0.156. The molecule has 8 nitrogen and oxygen atoms in total. The van der Waals surface area contributed by atoms with Crippen molar-refractivity contribution in [2.24, 2.45) is 0 Å². The molecule has 1 amide bonds. The van der Waals surface area contributed by atoms with E-state index in [2.05, 4.69) is 25.2 Å². The molecule has 2 bridgehead atoms. The van der Waals surface area contributed by atoms with Crippen molar-refractivity contribution >= 4 is 17.5 Å². The Bertz CT molecular complexity index is 971. The molecule has 2 aromatic rings. The number of nitrogens with one attached hydrogen (secondary N) is 1. The van der Waals surface area contributed by atoms with Gasteiger partial charge in [-0.25, -0.2) is 4.98 Å². The fourth-order valence-corrected chi connectivity index (χ4v) is 4.84. The number of alkyl halides is 3. The molecule has 31 heavy (non-hydrogen) atoms.